The lowest BCUT2D eigenvalue weighted by Crippen LogP contribution is -2.54. The van der Waals surface area contributed by atoms with Crippen LogP contribution in [0.3, 0.4) is 0 Å². The number of anilines is 1. The number of methoxy groups -OCH3 is 1. The number of carbonyl (C=O) groups excluding carboxylic acids is 2. The molecule has 236 valence electrons. The van der Waals surface area contributed by atoms with E-state index in [1.54, 1.807) is 56.3 Å². The maximum atomic E-state index is 15.0. The van der Waals surface area contributed by atoms with Crippen LogP contribution in [0.2, 0.25) is 0 Å². The summed E-state index contributed by atoms with van der Waals surface area (Å²) in [5, 5.41) is 2.89. The molecule has 0 aliphatic rings. The van der Waals surface area contributed by atoms with Crippen LogP contribution >= 0.6 is 0 Å². The molecule has 1 N–H and O–H groups in total. The first-order valence-electron chi connectivity index (χ1n) is 14.6. The van der Waals surface area contributed by atoms with Crippen LogP contribution in [0, 0.1) is 12.7 Å². The molecule has 0 spiro atoms. The summed E-state index contributed by atoms with van der Waals surface area (Å²) in [5.74, 6) is -1.45. The van der Waals surface area contributed by atoms with Crippen LogP contribution in [-0.4, -0.2) is 50.9 Å². The fourth-order valence-electron chi connectivity index (χ4n) is 4.93. The Morgan fingerprint density at radius 2 is 1.49 bits per heavy atom. The molecule has 0 aliphatic heterocycles. The lowest BCUT2D eigenvalue weighted by Gasteiger charge is -2.34. The lowest BCUT2D eigenvalue weighted by molar-refractivity contribution is -0.140. The SMILES string of the molecule is COc1ccccc1N(CC(=O)N(Cc1ccccc1F)C(Cc1ccccc1)C(=O)NC(C)C)S(=O)(=O)c1ccc(C)cc1. The summed E-state index contributed by atoms with van der Waals surface area (Å²) >= 11 is 0. The van der Waals surface area contributed by atoms with E-state index < -0.39 is 40.2 Å². The first kappa shape index (κ1) is 33.2. The molecule has 4 aromatic rings. The molecule has 8 nitrogen and oxygen atoms in total. The van der Waals surface area contributed by atoms with Crippen LogP contribution in [0.25, 0.3) is 0 Å². The topological polar surface area (TPSA) is 96.0 Å². The maximum absolute atomic E-state index is 15.0. The van der Waals surface area contributed by atoms with Crippen molar-refractivity contribution in [1.82, 2.24) is 10.2 Å². The lowest BCUT2D eigenvalue weighted by atomic mass is 10.0. The predicted octanol–water partition coefficient (Wildman–Crippen LogP) is 5.50. The van der Waals surface area contributed by atoms with Crippen LogP contribution in [0.15, 0.2) is 108 Å². The summed E-state index contributed by atoms with van der Waals surface area (Å²) in [5.41, 5.74) is 1.98. The van der Waals surface area contributed by atoms with Crippen molar-refractivity contribution in [2.75, 3.05) is 18.0 Å². The number of hydrogen-bond donors (Lipinski definition) is 1. The van der Waals surface area contributed by atoms with E-state index in [-0.39, 0.29) is 40.9 Å². The van der Waals surface area contributed by atoms with Crippen molar-refractivity contribution in [3.8, 4) is 5.75 Å². The molecule has 0 bridgehead atoms. The Morgan fingerprint density at radius 1 is 0.867 bits per heavy atom. The van der Waals surface area contributed by atoms with E-state index in [2.05, 4.69) is 5.32 Å². The van der Waals surface area contributed by atoms with Crippen molar-refractivity contribution in [1.29, 1.82) is 0 Å². The molecular weight excluding hydrogens is 593 g/mol. The average Bonchev–Trinajstić information content (AvgIpc) is 3.02. The standard InChI is InChI=1S/C35H38FN3O5S/c1-25(2)37-35(41)32(22-27-12-6-5-7-13-27)38(23-28-14-8-9-15-30(28)36)34(40)24-39(31-16-10-11-17-33(31)44-4)45(42,43)29-20-18-26(3)19-21-29/h5-21,25,32H,22-24H2,1-4H3,(H,37,41). The quantitative estimate of drug-likeness (QED) is 0.210. The summed E-state index contributed by atoms with van der Waals surface area (Å²) in [7, 11) is -2.90. The normalized spacial score (nSPS) is 12.0. The van der Waals surface area contributed by atoms with Gasteiger partial charge < -0.3 is 15.0 Å². The van der Waals surface area contributed by atoms with Gasteiger partial charge in [0.1, 0.15) is 24.2 Å². The van der Waals surface area contributed by atoms with Gasteiger partial charge in [0.15, 0.2) is 0 Å². The molecule has 0 heterocycles. The van der Waals surface area contributed by atoms with Gasteiger partial charge >= 0.3 is 0 Å². The minimum absolute atomic E-state index is 0.0224. The highest BCUT2D eigenvalue weighted by molar-refractivity contribution is 7.92. The van der Waals surface area contributed by atoms with Crippen LogP contribution in [0.5, 0.6) is 5.75 Å². The molecule has 0 aromatic heterocycles. The Hall–Kier alpha value is -4.70. The van der Waals surface area contributed by atoms with E-state index in [9.17, 15) is 18.0 Å². The zero-order valence-corrected chi connectivity index (χ0v) is 26.6. The fraction of sp³-hybridized carbons (Fsp3) is 0.257. The molecule has 0 fully saturated rings. The molecule has 0 saturated heterocycles. The van der Waals surface area contributed by atoms with Gasteiger partial charge in [0.25, 0.3) is 10.0 Å². The van der Waals surface area contributed by atoms with Crippen molar-refractivity contribution in [2.45, 2.75) is 50.7 Å². The zero-order valence-electron chi connectivity index (χ0n) is 25.8. The number of rotatable bonds is 13. The molecule has 2 amide bonds. The van der Waals surface area contributed by atoms with Crippen molar-refractivity contribution < 1.29 is 27.1 Å². The first-order chi connectivity index (χ1) is 21.5. The highest BCUT2D eigenvalue weighted by Crippen LogP contribution is 2.33. The summed E-state index contributed by atoms with van der Waals surface area (Å²) < 4.78 is 49.9. The second-order valence-corrected chi connectivity index (χ2v) is 12.8. The monoisotopic (exact) mass is 631 g/mol. The molecule has 4 aromatic carbocycles. The summed E-state index contributed by atoms with van der Waals surface area (Å²) in [6, 6.07) is 26.6. The summed E-state index contributed by atoms with van der Waals surface area (Å²) in [6.07, 6.45) is 0.124. The Morgan fingerprint density at radius 3 is 2.13 bits per heavy atom. The van der Waals surface area contributed by atoms with Gasteiger partial charge in [-0.2, -0.15) is 0 Å². The molecule has 0 aliphatic carbocycles. The molecule has 4 rings (SSSR count). The second kappa shape index (κ2) is 14.9. The zero-order chi connectivity index (χ0) is 32.6. The number of benzene rings is 4. The third-order valence-corrected chi connectivity index (χ3v) is 9.02. The number of amides is 2. The summed E-state index contributed by atoms with van der Waals surface area (Å²) in [4.78, 5) is 29.4. The number of nitrogens with zero attached hydrogens (tertiary/aromatic N) is 2. The number of para-hydroxylation sites is 2. The maximum Gasteiger partial charge on any atom is 0.264 e. The van der Waals surface area contributed by atoms with Gasteiger partial charge in [-0.15, -0.1) is 0 Å². The number of sulfonamides is 1. The number of halogens is 1. The van der Waals surface area contributed by atoms with E-state index >= 15 is 4.39 Å². The molecule has 10 heteroatoms. The number of nitrogens with one attached hydrogen (secondary N) is 1. The van der Waals surface area contributed by atoms with Gasteiger partial charge in [-0.1, -0.05) is 78.4 Å². The largest absolute Gasteiger partial charge is 0.495 e. The van der Waals surface area contributed by atoms with Gasteiger partial charge in [-0.05, 0) is 56.7 Å². The summed E-state index contributed by atoms with van der Waals surface area (Å²) in [6.45, 7) is 4.51. The average molecular weight is 632 g/mol. The number of ether oxygens (including phenoxy) is 1. The van der Waals surface area contributed by atoms with Gasteiger partial charge in [0.05, 0.1) is 17.7 Å². The minimum atomic E-state index is -4.31. The molecular formula is C35H38FN3O5S. The Labute approximate surface area is 264 Å². The minimum Gasteiger partial charge on any atom is -0.495 e. The van der Waals surface area contributed by atoms with Crippen molar-refractivity contribution in [2.24, 2.45) is 0 Å². The van der Waals surface area contributed by atoms with E-state index in [1.807, 2.05) is 37.3 Å². The fourth-order valence-corrected chi connectivity index (χ4v) is 6.36. The molecule has 1 unspecified atom stereocenters. The molecule has 0 radical (unpaired) electrons. The van der Waals surface area contributed by atoms with E-state index in [4.69, 9.17) is 4.74 Å². The van der Waals surface area contributed by atoms with Gasteiger partial charge in [-0.3, -0.25) is 13.9 Å². The Kier molecular flexibility index (Phi) is 11.0. The van der Waals surface area contributed by atoms with Crippen LogP contribution in [0.1, 0.15) is 30.5 Å². The Balaban J connectivity index is 1.84. The van der Waals surface area contributed by atoms with Crippen LogP contribution in [0.4, 0.5) is 10.1 Å². The van der Waals surface area contributed by atoms with E-state index in [1.165, 1.54) is 42.3 Å². The smallest absolute Gasteiger partial charge is 0.264 e. The van der Waals surface area contributed by atoms with Gasteiger partial charge in [0, 0.05) is 24.6 Å². The van der Waals surface area contributed by atoms with Crippen LogP contribution < -0.4 is 14.4 Å². The number of hydrogen-bond acceptors (Lipinski definition) is 5. The van der Waals surface area contributed by atoms with E-state index in [0.29, 0.717) is 0 Å². The van der Waals surface area contributed by atoms with Crippen molar-refractivity contribution >= 4 is 27.5 Å². The van der Waals surface area contributed by atoms with Gasteiger partial charge in [0.2, 0.25) is 11.8 Å². The molecule has 1 atom stereocenters. The third-order valence-electron chi connectivity index (χ3n) is 7.24. The highest BCUT2D eigenvalue weighted by Gasteiger charge is 2.36. The molecule has 45 heavy (non-hydrogen) atoms. The number of carbonyl (C=O) groups is 2. The molecule has 0 saturated carbocycles. The van der Waals surface area contributed by atoms with E-state index in [0.717, 1.165) is 15.4 Å². The Bertz CT molecular complexity index is 1710. The second-order valence-electron chi connectivity index (χ2n) is 11.0. The van der Waals surface area contributed by atoms with Crippen molar-refractivity contribution in [3.05, 3.63) is 126 Å². The third kappa shape index (κ3) is 8.27. The highest BCUT2D eigenvalue weighted by atomic mass is 32.2. The first-order valence-corrected chi connectivity index (χ1v) is 16.0. The van der Waals surface area contributed by atoms with Crippen molar-refractivity contribution in [3.63, 3.8) is 0 Å². The number of aryl methyl sites for hydroxylation is 1. The predicted molar refractivity (Wildman–Crippen MR) is 173 cm³/mol. The van der Waals surface area contributed by atoms with Gasteiger partial charge in [-0.25, -0.2) is 12.8 Å². The van der Waals surface area contributed by atoms with Crippen LogP contribution in [-0.2, 0) is 32.6 Å².